The number of likely N-dealkylation sites (tertiary alicyclic amines) is 1. The van der Waals surface area contributed by atoms with E-state index in [1.807, 2.05) is 26.8 Å². The molecule has 4 nitrogen and oxygen atoms in total. The third kappa shape index (κ3) is 4.55. The van der Waals surface area contributed by atoms with Crippen molar-refractivity contribution >= 4 is 5.91 Å². The highest BCUT2D eigenvalue weighted by molar-refractivity contribution is 5.82. The van der Waals surface area contributed by atoms with Gasteiger partial charge in [0.05, 0.1) is 6.04 Å². The zero-order valence-corrected chi connectivity index (χ0v) is 13.3. The lowest BCUT2D eigenvalue weighted by atomic mass is 9.87. The van der Waals surface area contributed by atoms with Crippen LogP contribution in [0.3, 0.4) is 0 Å². The molecule has 0 saturated carbocycles. The van der Waals surface area contributed by atoms with Crippen molar-refractivity contribution in [2.24, 2.45) is 11.1 Å². The Morgan fingerprint density at radius 2 is 2.05 bits per heavy atom. The van der Waals surface area contributed by atoms with E-state index in [0.717, 1.165) is 26.1 Å². The molecule has 0 spiro atoms. The number of carbonyl (C=O) groups is 1. The summed E-state index contributed by atoms with van der Waals surface area (Å²) in [5, 5.41) is 3.10. The van der Waals surface area contributed by atoms with Gasteiger partial charge in [0.1, 0.15) is 0 Å². The smallest absolute Gasteiger partial charge is 0.237 e. The van der Waals surface area contributed by atoms with Crippen LogP contribution < -0.4 is 11.1 Å². The molecule has 0 aromatic heterocycles. The lowest BCUT2D eigenvalue weighted by Crippen LogP contribution is -2.51. The number of carbonyl (C=O) groups excluding carboxylic acids is 1. The molecule has 3 N–H and O–H groups in total. The van der Waals surface area contributed by atoms with Crippen molar-refractivity contribution in [3.8, 4) is 0 Å². The summed E-state index contributed by atoms with van der Waals surface area (Å²) in [6.45, 7) is 8.84. The van der Waals surface area contributed by atoms with Crippen molar-refractivity contribution < 1.29 is 4.79 Å². The van der Waals surface area contributed by atoms with Crippen LogP contribution in [0.1, 0.15) is 32.8 Å². The third-order valence-electron chi connectivity index (χ3n) is 4.08. The van der Waals surface area contributed by atoms with E-state index in [0.29, 0.717) is 0 Å². The fourth-order valence-corrected chi connectivity index (χ4v) is 2.62. The van der Waals surface area contributed by atoms with Crippen LogP contribution in [0.5, 0.6) is 0 Å². The Morgan fingerprint density at radius 3 is 2.67 bits per heavy atom. The maximum Gasteiger partial charge on any atom is 0.237 e. The van der Waals surface area contributed by atoms with Gasteiger partial charge < -0.3 is 11.1 Å². The van der Waals surface area contributed by atoms with Gasteiger partial charge in [-0.05, 0) is 17.4 Å². The van der Waals surface area contributed by atoms with Crippen LogP contribution in [0, 0.1) is 5.41 Å². The molecular weight excluding hydrogens is 262 g/mol. The molecule has 0 bridgehead atoms. The topological polar surface area (TPSA) is 58.4 Å². The highest BCUT2D eigenvalue weighted by Gasteiger charge is 2.30. The summed E-state index contributed by atoms with van der Waals surface area (Å²) in [4.78, 5) is 14.5. The fraction of sp³-hybridized carbons (Fsp3) is 0.588. The average Bonchev–Trinajstić information content (AvgIpc) is 2.85. The first-order valence-electron chi connectivity index (χ1n) is 7.68. The number of nitrogens with zero attached hydrogens (tertiary/aromatic N) is 1. The van der Waals surface area contributed by atoms with Crippen molar-refractivity contribution in [1.82, 2.24) is 10.2 Å². The highest BCUT2D eigenvalue weighted by Crippen LogP contribution is 2.18. The second-order valence-corrected chi connectivity index (χ2v) is 7.06. The Bertz CT molecular complexity index is 467. The van der Waals surface area contributed by atoms with E-state index in [1.54, 1.807) is 0 Å². The van der Waals surface area contributed by atoms with E-state index >= 15 is 0 Å². The van der Waals surface area contributed by atoms with Gasteiger partial charge in [0.25, 0.3) is 0 Å². The fourth-order valence-electron chi connectivity index (χ4n) is 2.62. The van der Waals surface area contributed by atoms with E-state index in [2.05, 4.69) is 34.5 Å². The summed E-state index contributed by atoms with van der Waals surface area (Å²) in [6, 6.07) is 10.2. The summed E-state index contributed by atoms with van der Waals surface area (Å²) in [6.07, 6.45) is 0.995. The maximum atomic E-state index is 12.2. The maximum absolute atomic E-state index is 12.2. The molecule has 1 unspecified atom stereocenters. The Morgan fingerprint density at radius 1 is 1.38 bits per heavy atom. The quantitative estimate of drug-likeness (QED) is 0.888. The van der Waals surface area contributed by atoms with Gasteiger partial charge in [-0.25, -0.2) is 0 Å². The molecule has 1 aliphatic rings. The van der Waals surface area contributed by atoms with E-state index < -0.39 is 6.04 Å². The van der Waals surface area contributed by atoms with Crippen LogP contribution in [0.15, 0.2) is 30.3 Å². The Hall–Kier alpha value is -1.39. The number of rotatable bonds is 4. The van der Waals surface area contributed by atoms with Crippen molar-refractivity contribution in [1.29, 1.82) is 0 Å². The van der Waals surface area contributed by atoms with Crippen LogP contribution >= 0.6 is 0 Å². The highest BCUT2D eigenvalue weighted by atomic mass is 16.2. The number of hydrogen-bond acceptors (Lipinski definition) is 3. The Balaban J connectivity index is 1.82. The van der Waals surface area contributed by atoms with Gasteiger partial charge in [-0.2, -0.15) is 0 Å². The lowest BCUT2D eigenvalue weighted by Gasteiger charge is -2.27. The molecule has 1 amide bonds. The number of nitrogens with one attached hydrogen (secondary N) is 1. The molecule has 1 aliphatic heterocycles. The average molecular weight is 289 g/mol. The number of nitrogens with two attached hydrogens (primary N) is 1. The zero-order valence-electron chi connectivity index (χ0n) is 13.3. The van der Waals surface area contributed by atoms with Gasteiger partial charge >= 0.3 is 0 Å². The Kier molecular flexibility index (Phi) is 5.01. The van der Waals surface area contributed by atoms with E-state index in [9.17, 15) is 4.79 Å². The summed E-state index contributed by atoms with van der Waals surface area (Å²) in [5.74, 6) is -0.0333. The van der Waals surface area contributed by atoms with Crippen molar-refractivity contribution in [3.05, 3.63) is 35.9 Å². The van der Waals surface area contributed by atoms with E-state index in [4.69, 9.17) is 5.73 Å². The van der Waals surface area contributed by atoms with E-state index in [1.165, 1.54) is 5.56 Å². The number of hydrogen-bond donors (Lipinski definition) is 2. The zero-order chi connectivity index (χ0) is 15.5. The predicted octanol–water partition coefficient (Wildman–Crippen LogP) is 1.75. The van der Waals surface area contributed by atoms with E-state index in [-0.39, 0.29) is 17.4 Å². The van der Waals surface area contributed by atoms with Gasteiger partial charge in [-0.15, -0.1) is 0 Å². The lowest BCUT2D eigenvalue weighted by molar-refractivity contribution is -0.125. The molecule has 1 aromatic rings. The van der Waals surface area contributed by atoms with Crippen molar-refractivity contribution in [3.63, 3.8) is 0 Å². The summed E-state index contributed by atoms with van der Waals surface area (Å²) < 4.78 is 0. The van der Waals surface area contributed by atoms with Crippen LogP contribution in [0.25, 0.3) is 0 Å². The van der Waals surface area contributed by atoms with Gasteiger partial charge in [-0.3, -0.25) is 9.69 Å². The standard InChI is InChI=1S/C17H27N3O/c1-17(2,3)15(18)16(21)19-14-9-10-20(12-14)11-13-7-5-4-6-8-13/h4-8,14-15H,9-12,18H2,1-3H3,(H,19,21)/t14?,15-/m0/s1. The number of amides is 1. The van der Waals surface area contributed by atoms with Crippen LogP contribution in [0.2, 0.25) is 0 Å². The molecule has 1 fully saturated rings. The SMILES string of the molecule is CC(C)(C)[C@@H](N)C(=O)NC1CCN(Cc2ccccc2)C1. The molecular formula is C17H27N3O. The molecule has 0 aliphatic carbocycles. The van der Waals surface area contributed by atoms with Crippen molar-refractivity contribution in [2.45, 2.75) is 45.8 Å². The first-order valence-corrected chi connectivity index (χ1v) is 7.68. The molecule has 116 valence electrons. The molecule has 2 atom stereocenters. The van der Waals surface area contributed by atoms with Crippen molar-refractivity contribution in [2.75, 3.05) is 13.1 Å². The van der Waals surface area contributed by atoms with Crippen LogP contribution in [-0.2, 0) is 11.3 Å². The second-order valence-electron chi connectivity index (χ2n) is 7.06. The Labute approximate surface area is 127 Å². The predicted molar refractivity (Wildman–Crippen MR) is 85.7 cm³/mol. The van der Waals surface area contributed by atoms with Gasteiger partial charge in [-0.1, -0.05) is 51.1 Å². The minimum atomic E-state index is -0.458. The van der Waals surface area contributed by atoms with Gasteiger partial charge in [0, 0.05) is 25.7 Å². The van der Waals surface area contributed by atoms with Gasteiger partial charge in [0.15, 0.2) is 0 Å². The molecule has 4 heteroatoms. The molecule has 2 rings (SSSR count). The molecule has 1 saturated heterocycles. The normalized spacial score (nSPS) is 21.2. The summed E-state index contributed by atoms with van der Waals surface area (Å²) >= 11 is 0. The second kappa shape index (κ2) is 6.58. The van der Waals surface area contributed by atoms with Crippen LogP contribution in [-0.4, -0.2) is 36.0 Å². The molecule has 21 heavy (non-hydrogen) atoms. The molecule has 1 aromatic carbocycles. The van der Waals surface area contributed by atoms with Gasteiger partial charge in [0.2, 0.25) is 5.91 Å². The van der Waals surface area contributed by atoms with Crippen LogP contribution in [0.4, 0.5) is 0 Å². The summed E-state index contributed by atoms with van der Waals surface area (Å²) in [5.41, 5.74) is 7.12. The first kappa shape index (κ1) is 16.0. The monoisotopic (exact) mass is 289 g/mol. The number of benzene rings is 1. The largest absolute Gasteiger partial charge is 0.351 e. The first-order chi connectivity index (χ1) is 9.86. The molecule has 0 radical (unpaired) electrons. The molecule has 1 heterocycles. The summed E-state index contributed by atoms with van der Waals surface area (Å²) in [7, 11) is 0. The minimum absolute atomic E-state index is 0.0333. The third-order valence-corrected chi connectivity index (χ3v) is 4.08. The minimum Gasteiger partial charge on any atom is -0.351 e.